The summed E-state index contributed by atoms with van der Waals surface area (Å²) in [6.45, 7) is -6.00. The SMILES string of the molecule is CC(=O)N[C@H]1[C@H](O[C@H]2[C@H](O)[C@@H](NC(C)=O)C(O)O[C@@H]2CO)O[C@H](CO)[C@@H](O[C@@H]2O[C@H](CO[C@H]3O[C@H](CO)[C@@H](O)[C@H](O)[C@@H]3O[C@@H]3O[C@H](CO)[C@@H](O[C@@H]4O[C@H](CO)[C@H](O)[C@H](O)[C@H]4O)[C@H](O[C@@H]4O[C@@H](C)[C@@H](O)[C@@H](O)[C@@H]4O)[C@H]3NC(C)=O)[C@@H](O)[C@H](O[C@H]3O[C@H](CO)[C@@H](O)[C@H](O)[C@@H]3O[C@@H]3O[C@H](CO)[C@@H](O[C@@H]4O[C@H](CO)[C@H](O)[C@H](O)[C@H]4O)[C@H](O[C@@H]4O[C@@H](C)[C@@H](O)[C@@H](O)[C@@H]4O)[C@H]3NC(C)=O)[C@@H]2O[C@@H]2OC[C@@H](O)[C@H](O)[C@H]2O)[C@@H]1O. The van der Waals surface area contributed by atoms with E-state index in [4.69, 9.17) is 109 Å². The molecule has 12 heterocycles. The van der Waals surface area contributed by atoms with Gasteiger partial charge < -0.3 is 289 Å². The van der Waals surface area contributed by atoms with Gasteiger partial charge in [-0.1, -0.05) is 0 Å². The lowest BCUT2D eigenvalue weighted by atomic mass is 9.93. The van der Waals surface area contributed by atoms with Crippen molar-refractivity contribution in [3.05, 3.63) is 0 Å². The highest BCUT2D eigenvalue weighted by Crippen LogP contribution is 2.44. The van der Waals surface area contributed by atoms with Crippen molar-refractivity contribution in [2.45, 2.75) is 404 Å². The average Bonchev–Trinajstić information content (AvgIpc) is 0.757. The summed E-state index contributed by atoms with van der Waals surface area (Å²) in [5.74, 6) is -4.02. The Kier molecular flexibility index (Phi) is 41.0. The number of rotatable bonds is 35. The zero-order valence-electron chi connectivity index (χ0n) is 76.0. The van der Waals surface area contributed by atoms with Crippen LogP contribution in [0.15, 0.2) is 0 Å². The van der Waals surface area contributed by atoms with Crippen molar-refractivity contribution in [1.82, 2.24) is 21.3 Å². The molecule has 12 aliphatic rings. The van der Waals surface area contributed by atoms with Crippen molar-refractivity contribution in [1.29, 1.82) is 0 Å². The summed E-state index contributed by atoms with van der Waals surface area (Å²) in [5.41, 5.74) is 0. The van der Waals surface area contributed by atoms with E-state index in [0.717, 1.165) is 27.7 Å². The van der Waals surface area contributed by atoms with Gasteiger partial charge in [-0.15, -0.1) is 0 Å². The second-order valence-electron chi connectivity index (χ2n) is 36.1. The van der Waals surface area contributed by atoms with Crippen LogP contribution >= 0.6 is 0 Å². The molecule has 0 aliphatic carbocycles. The number of hydrogen-bond donors (Lipinski definition) is 35. The summed E-state index contributed by atoms with van der Waals surface area (Å²) >= 11 is 0. The Morgan fingerprint density at radius 2 is 0.504 bits per heavy atom. The predicted molar refractivity (Wildman–Crippen MR) is 433 cm³/mol. The van der Waals surface area contributed by atoms with E-state index in [2.05, 4.69) is 21.3 Å². The van der Waals surface area contributed by atoms with Crippen LogP contribution in [0.25, 0.3) is 0 Å². The van der Waals surface area contributed by atoms with Crippen molar-refractivity contribution in [2.24, 2.45) is 0 Å². The average molecular weight is 2070 g/mol. The Morgan fingerprint density at radius 3 is 0.922 bits per heavy atom. The van der Waals surface area contributed by atoms with Crippen molar-refractivity contribution in [2.75, 3.05) is 66.1 Å². The van der Waals surface area contributed by atoms with Crippen LogP contribution in [0.1, 0.15) is 41.5 Å². The monoisotopic (exact) mass is 2060 g/mol. The normalized spacial score (nSPS) is 50.7. The number of aliphatic hydroxyl groups excluding tert-OH is 31. The van der Waals surface area contributed by atoms with E-state index in [1.54, 1.807) is 0 Å². The number of nitrogens with one attached hydrogen (secondary N) is 4. The van der Waals surface area contributed by atoms with Crippen LogP contribution in [-0.4, -0.2) is 610 Å². The molecular weight excluding hydrogens is 1930 g/mol. The molecular formula is C79H132N4O58. The Morgan fingerprint density at radius 1 is 0.227 bits per heavy atom. The van der Waals surface area contributed by atoms with E-state index in [1.165, 1.54) is 13.8 Å². The Hall–Kier alpha value is -4.28. The molecule has 0 aromatic carbocycles. The number of ether oxygens (including phenoxy) is 23. The third kappa shape index (κ3) is 25.3. The molecule has 12 rings (SSSR count). The lowest BCUT2D eigenvalue weighted by molar-refractivity contribution is -0.414. The Balaban J connectivity index is 0.968. The molecule has 0 spiro atoms. The third-order valence-electron chi connectivity index (χ3n) is 26.2. The van der Waals surface area contributed by atoms with E-state index >= 15 is 0 Å². The molecule has 0 radical (unpaired) electrons. The molecule has 12 saturated heterocycles. The Bertz CT molecular complexity index is 3900. The molecule has 816 valence electrons. The van der Waals surface area contributed by atoms with Gasteiger partial charge in [0.05, 0.1) is 78.3 Å². The highest BCUT2D eigenvalue weighted by molar-refractivity contribution is 5.74. The molecule has 62 nitrogen and oxygen atoms in total. The molecule has 0 aromatic rings. The van der Waals surface area contributed by atoms with Crippen molar-refractivity contribution < 1.29 is 286 Å². The second-order valence-corrected chi connectivity index (χ2v) is 36.1. The van der Waals surface area contributed by atoms with Crippen molar-refractivity contribution >= 4 is 23.6 Å². The molecule has 12 fully saturated rings. The molecule has 0 bridgehead atoms. The zero-order valence-corrected chi connectivity index (χ0v) is 76.0. The first-order chi connectivity index (χ1) is 66.7. The fourth-order valence-electron chi connectivity index (χ4n) is 18.5. The molecule has 4 amide bonds. The first-order valence-corrected chi connectivity index (χ1v) is 45.3. The van der Waals surface area contributed by atoms with Crippen molar-refractivity contribution in [3.8, 4) is 0 Å². The largest absolute Gasteiger partial charge is 0.394 e. The van der Waals surface area contributed by atoms with Gasteiger partial charge in [-0.05, 0) is 13.8 Å². The second kappa shape index (κ2) is 50.1. The summed E-state index contributed by atoms with van der Waals surface area (Å²) in [5, 5.41) is 361. The first kappa shape index (κ1) is 115. The number of carbonyl (C=O) groups excluding carboxylic acids is 4. The van der Waals surface area contributed by atoms with Gasteiger partial charge in [0, 0.05) is 27.7 Å². The summed E-state index contributed by atoms with van der Waals surface area (Å²) in [7, 11) is 0. The van der Waals surface area contributed by atoms with E-state index in [0.29, 0.717) is 0 Å². The van der Waals surface area contributed by atoms with Gasteiger partial charge in [0.1, 0.15) is 274 Å². The Labute approximate surface area is 798 Å². The minimum absolute atomic E-state index is 0.846. The standard InChI is InChI=1S/C79H132N4O58/c1-17-37(97)47(107)54(114)73(121-17)136-62-35(82-21(5)94)70(129-30(13-90)60(62)134-75-56(116)49(109)40(100)24(7-84)124-75)139-65-51(111)42(102)26(9-86)126-77(65)120-16-32-44(104)64(67(141-72-53(113)39(99)23(96)15-119-72)79(131-32)133-59-29(12-89)128-69(34(46(59)106)81-20(4)93)132-58-28(11-88)123-68(118)33(45(58)105)80-19(3)92)138-78-66(52(112)43(103)27(10-87)127-78)140-71-36(83-22(6)95)63(137-74-55(115)48(108)38(98)18(2)122-74)61(31(14-91)130-71)135-76-57(117)50(110)41(101)25(8-85)125-76/h17-18,23-79,84-91,96-118H,7-16H2,1-6H3,(H,80,92)(H,81,93)(H,82,94)(H,83,95)/t17-,18-,23+,24+,25+,26+,27+,28+,29+,30+,31+,32+,33+,34+,35+,36+,37+,38+,39-,40-,41-,42+,43+,44+,45+,46+,47+,48+,49-,50-,51-,52-,53+,54-,55-,56+,57+,58+,59+,60+,61+,62+,63+,64-,65-,66-,67-,68?,69-,70-,71-,72-,73-,74-,75-,76-,77-,78+,79-/m0/s1. The van der Waals surface area contributed by atoms with E-state index in [1.807, 2.05) is 0 Å². The predicted octanol–water partition coefficient (Wildman–Crippen LogP) is -23.9. The highest BCUT2D eigenvalue weighted by atomic mass is 16.8. The van der Waals surface area contributed by atoms with Crippen LogP contribution in [0.4, 0.5) is 0 Å². The minimum Gasteiger partial charge on any atom is -0.394 e. The van der Waals surface area contributed by atoms with Gasteiger partial charge in [-0.25, -0.2) is 0 Å². The van der Waals surface area contributed by atoms with Crippen LogP contribution < -0.4 is 21.3 Å². The third-order valence-corrected chi connectivity index (χ3v) is 26.2. The van der Waals surface area contributed by atoms with E-state index < -0.39 is 452 Å². The molecule has 12 aliphatic heterocycles. The lowest BCUT2D eigenvalue weighted by Crippen LogP contribution is -2.72. The maximum Gasteiger partial charge on any atom is 0.217 e. The van der Waals surface area contributed by atoms with Gasteiger partial charge in [0.25, 0.3) is 0 Å². The summed E-state index contributed by atoms with van der Waals surface area (Å²) in [4.78, 5) is 53.3. The van der Waals surface area contributed by atoms with Gasteiger partial charge in [-0.2, -0.15) is 0 Å². The minimum atomic E-state index is -2.73. The molecule has 0 saturated carbocycles. The van der Waals surface area contributed by atoms with Gasteiger partial charge in [-0.3, -0.25) is 19.2 Å². The zero-order chi connectivity index (χ0) is 104. The molecule has 0 aromatic heterocycles. The summed E-state index contributed by atoms with van der Waals surface area (Å²) in [6, 6.07) is -8.10. The molecule has 141 heavy (non-hydrogen) atoms. The number of carbonyl (C=O) groups is 4. The molecule has 62 heteroatoms. The maximum atomic E-state index is 13.8. The lowest BCUT2D eigenvalue weighted by Gasteiger charge is -2.53. The maximum absolute atomic E-state index is 13.8. The van der Waals surface area contributed by atoms with E-state index in [-0.39, 0.29) is 0 Å². The fourth-order valence-corrected chi connectivity index (χ4v) is 18.5. The van der Waals surface area contributed by atoms with Gasteiger partial charge >= 0.3 is 0 Å². The number of aliphatic hydroxyl groups is 31. The number of amides is 4. The topological polar surface area (TPSA) is 956 Å². The van der Waals surface area contributed by atoms with Gasteiger partial charge in [0.15, 0.2) is 75.5 Å². The van der Waals surface area contributed by atoms with Crippen LogP contribution in [0, 0.1) is 0 Å². The van der Waals surface area contributed by atoms with Crippen LogP contribution in [0.2, 0.25) is 0 Å². The van der Waals surface area contributed by atoms with Crippen LogP contribution in [0.5, 0.6) is 0 Å². The molecule has 1 unspecified atom stereocenters. The van der Waals surface area contributed by atoms with Gasteiger partial charge in [0.2, 0.25) is 23.6 Å². The van der Waals surface area contributed by atoms with Crippen molar-refractivity contribution in [3.63, 3.8) is 0 Å². The quantitative estimate of drug-likeness (QED) is 0.0280. The first-order valence-electron chi connectivity index (χ1n) is 45.3. The number of hydrogen-bond acceptors (Lipinski definition) is 58. The molecule has 35 N–H and O–H groups in total. The summed E-state index contributed by atoms with van der Waals surface area (Å²) in [6.07, 6.45) is -121. The molecule has 59 atom stereocenters. The van der Waals surface area contributed by atoms with Crippen LogP contribution in [0.3, 0.4) is 0 Å². The smallest absolute Gasteiger partial charge is 0.217 e. The summed E-state index contributed by atoms with van der Waals surface area (Å²) < 4.78 is 141. The van der Waals surface area contributed by atoms with Crippen LogP contribution in [-0.2, 0) is 128 Å². The fraction of sp³-hybridized carbons (Fsp3) is 0.949. The van der Waals surface area contributed by atoms with E-state index in [9.17, 15) is 177 Å². The highest BCUT2D eigenvalue weighted by Gasteiger charge is 2.64.